The molecule has 0 saturated heterocycles. The molecule has 0 bridgehead atoms. The summed E-state index contributed by atoms with van der Waals surface area (Å²) in [6.07, 6.45) is 4.94. The van der Waals surface area contributed by atoms with Gasteiger partial charge in [-0.1, -0.05) is 19.9 Å². The van der Waals surface area contributed by atoms with Crippen LogP contribution in [0.3, 0.4) is 0 Å². The van der Waals surface area contributed by atoms with E-state index in [4.69, 9.17) is 9.47 Å². The predicted molar refractivity (Wildman–Crippen MR) is 121 cm³/mol. The molecule has 0 radical (unpaired) electrons. The third kappa shape index (κ3) is 7.43. The number of amides is 1. The van der Waals surface area contributed by atoms with Crippen molar-refractivity contribution in [1.29, 1.82) is 0 Å². The average Bonchev–Trinajstić information content (AvgIpc) is 2.75. The highest BCUT2D eigenvalue weighted by atomic mass is 16.5. The lowest BCUT2D eigenvalue weighted by Crippen LogP contribution is -2.44. The number of methoxy groups -OCH3 is 1. The van der Waals surface area contributed by atoms with Gasteiger partial charge in [0.1, 0.15) is 0 Å². The van der Waals surface area contributed by atoms with Crippen LogP contribution in [0, 0.1) is 11.8 Å². The van der Waals surface area contributed by atoms with Gasteiger partial charge >= 0.3 is 0 Å². The first kappa shape index (κ1) is 23.8. The number of hydrogen-bond acceptors (Lipinski definition) is 4. The van der Waals surface area contributed by atoms with Crippen LogP contribution in [0.4, 0.5) is 0 Å². The fourth-order valence-electron chi connectivity index (χ4n) is 3.84. The highest BCUT2D eigenvalue weighted by molar-refractivity contribution is 5.80. The van der Waals surface area contributed by atoms with Crippen LogP contribution < -0.4 is 25.4 Å². The van der Waals surface area contributed by atoms with Crippen LogP contribution in [0.25, 0.3) is 0 Å². The van der Waals surface area contributed by atoms with Gasteiger partial charge in [-0.15, -0.1) is 0 Å². The molecular formula is C23H38N4O3. The molecule has 3 N–H and O–H groups in total. The summed E-state index contributed by atoms with van der Waals surface area (Å²) in [6, 6.07) is 6.19. The first-order chi connectivity index (χ1) is 14.5. The van der Waals surface area contributed by atoms with Crippen molar-refractivity contribution < 1.29 is 14.3 Å². The predicted octanol–water partition coefficient (Wildman–Crippen LogP) is 3.09. The number of aliphatic imine (C=N–C) groups is 1. The summed E-state index contributed by atoms with van der Waals surface area (Å²) in [4.78, 5) is 16.0. The highest BCUT2D eigenvalue weighted by Gasteiger charge is 2.23. The Morgan fingerprint density at radius 2 is 1.90 bits per heavy atom. The van der Waals surface area contributed by atoms with E-state index in [0.29, 0.717) is 30.6 Å². The molecule has 0 atom stereocenters. The van der Waals surface area contributed by atoms with E-state index in [1.807, 2.05) is 25.1 Å². The van der Waals surface area contributed by atoms with Crippen molar-refractivity contribution in [3.05, 3.63) is 23.8 Å². The lowest BCUT2D eigenvalue weighted by molar-refractivity contribution is -0.123. The van der Waals surface area contributed by atoms with E-state index >= 15 is 0 Å². The minimum Gasteiger partial charge on any atom is -0.493 e. The maximum absolute atomic E-state index is 11.6. The van der Waals surface area contributed by atoms with Crippen molar-refractivity contribution in [1.82, 2.24) is 16.0 Å². The van der Waals surface area contributed by atoms with Crippen molar-refractivity contribution >= 4 is 11.9 Å². The quantitative estimate of drug-likeness (QED) is 0.424. The maximum atomic E-state index is 11.6. The highest BCUT2D eigenvalue weighted by Crippen LogP contribution is 2.30. The van der Waals surface area contributed by atoms with E-state index in [9.17, 15) is 4.79 Å². The smallest absolute Gasteiger partial charge is 0.257 e. The zero-order valence-corrected chi connectivity index (χ0v) is 19.1. The lowest BCUT2D eigenvalue weighted by Gasteiger charge is -2.32. The minimum absolute atomic E-state index is 0.0303. The Morgan fingerprint density at radius 3 is 2.50 bits per heavy atom. The number of nitrogens with one attached hydrogen (secondary N) is 3. The Bertz CT molecular complexity index is 698. The number of hydrogen-bond donors (Lipinski definition) is 3. The first-order valence-corrected chi connectivity index (χ1v) is 11.0. The van der Waals surface area contributed by atoms with E-state index in [-0.39, 0.29) is 12.5 Å². The molecule has 7 heteroatoms. The number of ether oxygens (including phenoxy) is 2. The van der Waals surface area contributed by atoms with Crippen molar-refractivity contribution in [3.63, 3.8) is 0 Å². The van der Waals surface area contributed by atoms with Gasteiger partial charge in [0.05, 0.1) is 7.11 Å². The van der Waals surface area contributed by atoms with Crippen molar-refractivity contribution in [3.8, 4) is 11.5 Å². The molecule has 30 heavy (non-hydrogen) atoms. The van der Waals surface area contributed by atoms with Crippen LogP contribution in [0.1, 0.15) is 52.0 Å². The SMILES string of the molecule is CCNC(=O)COc1ccc(CNC(=NC)NC2CCC(C(C)C)CC2)cc1OC. The molecule has 1 aromatic carbocycles. The van der Waals surface area contributed by atoms with E-state index in [1.165, 1.54) is 25.7 Å². The van der Waals surface area contributed by atoms with Gasteiger partial charge in [-0.25, -0.2) is 0 Å². The second-order valence-corrected chi connectivity index (χ2v) is 8.15. The molecule has 7 nitrogen and oxygen atoms in total. The molecule has 1 amide bonds. The summed E-state index contributed by atoms with van der Waals surface area (Å²) in [5.41, 5.74) is 1.05. The molecule has 1 saturated carbocycles. The van der Waals surface area contributed by atoms with E-state index in [0.717, 1.165) is 23.4 Å². The third-order valence-corrected chi connectivity index (χ3v) is 5.70. The number of guanidine groups is 1. The van der Waals surface area contributed by atoms with Crippen molar-refractivity contribution in [2.45, 2.75) is 59.0 Å². The van der Waals surface area contributed by atoms with Crippen LogP contribution in [0.15, 0.2) is 23.2 Å². The van der Waals surface area contributed by atoms with Gasteiger partial charge in [0.15, 0.2) is 24.1 Å². The number of likely N-dealkylation sites (N-methyl/N-ethyl adjacent to an activating group) is 1. The number of rotatable bonds is 9. The summed E-state index contributed by atoms with van der Waals surface area (Å²) in [5, 5.41) is 9.65. The zero-order valence-electron chi connectivity index (χ0n) is 19.1. The second-order valence-electron chi connectivity index (χ2n) is 8.15. The molecule has 1 aromatic rings. The molecule has 2 rings (SSSR count). The molecular weight excluding hydrogens is 380 g/mol. The first-order valence-electron chi connectivity index (χ1n) is 11.0. The Labute approximate surface area is 181 Å². The maximum Gasteiger partial charge on any atom is 0.257 e. The summed E-state index contributed by atoms with van der Waals surface area (Å²) >= 11 is 0. The Balaban J connectivity index is 1.85. The van der Waals surface area contributed by atoms with E-state index in [2.05, 4.69) is 34.8 Å². The summed E-state index contributed by atoms with van der Waals surface area (Å²) in [6.45, 7) is 7.69. The molecule has 0 spiro atoms. The molecule has 0 heterocycles. The third-order valence-electron chi connectivity index (χ3n) is 5.70. The van der Waals surface area contributed by atoms with Gasteiger partial charge in [0.2, 0.25) is 0 Å². The van der Waals surface area contributed by atoms with Crippen molar-refractivity contribution in [2.24, 2.45) is 16.8 Å². The molecule has 0 aliphatic heterocycles. The number of carbonyl (C=O) groups is 1. The van der Waals surface area contributed by atoms with Crippen molar-refractivity contribution in [2.75, 3.05) is 27.3 Å². The normalized spacial score (nSPS) is 19.3. The lowest BCUT2D eigenvalue weighted by atomic mass is 9.80. The molecule has 1 aliphatic carbocycles. The van der Waals surface area contributed by atoms with E-state index in [1.54, 1.807) is 14.2 Å². The van der Waals surface area contributed by atoms with Crippen LogP contribution in [0.2, 0.25) is 0 Å². The average molecular weight is 419 g/mol. The van der Waals surface area contributed by atoms with Gasteiger partial charge in [-0.05, 0) is 62.1 Å². The van der Waals surface area contributed by atoms with Crippen LogP contribution in [-0.4, -0.2) is 45.2 Å². The largest absolute Gasteiger partial charge is 0.493 e. The van der Waals surface area contributed by atoms with E-state index < -0.39 is 0 Å². The monoisotopic (exact) mass is 418 g/mol. The second kappa shape index (κ2) is 12.3. The number of benzene rings is 1. The summed E-state index contributed by atoms with van der Waals surface area (Å²) in [7, 11) is 3.40. The molecule has 1 fully saturated rings. The Morgan fingerprint density at radius 1 is 1.17 bits per heavy atom. The number of nitrogens with zero attached hydrogens (tertiary/aromatic N) is 1. The van der Waals surface area contributed by atoms with Crippen LogP contribution in [0.5, 0.6) is 11.5 Å². The van der Waals surface area contributed by atoms with Gasteiger partial charge in [0.25, 0.3) is 5.91 Å². The van der Waals surface area contributed by atoms with Gasteiger partial charge < -0.3 is 25.4 Å². The van der Waals surface area contributed by atoms with Gasteiger partial charge in [-0.2, -0.15) is 0 Å². The zero-order chi connectivity index (χ0) is 21.9. The molecule has 0 unspecified atom stereocenters. The summed E-state index contributed by atoms with van der Waals surface area (Å²) in [5.74, 6) is 3.44. The number of carbonyl (C=O) groups excluding carboxylic acids is 1. The van der Waals surface area contributed by atoms with Gasteiger partial charge in [-0.3, -0.25) is 9.79 Å². The van der Waals surface area contributed by atoms with Crippen LogP contribution >= 0.6 is 0 Å². The molecule has 0 aromatic heterocycles. The summed E-state index contributed by atoms with van der Waals surface area (Å²) < 4.78 is 11.0. The fourth-order valence-corrected chi connectivity index (χ4v) is 3.84. The standard InChI is InChI=1S/C23H38N4O3/c1-6-25-22(28)15-30-20-12-7-17(13-21(20)29-5)14-26-23(24-4)27-19-10-8-18(9-11-19)16(2)3/h7,12-13,16,18-19H,6,8-11,14-15H2,1-5H3,(H,25,28)(H2,24,26,27). The Hall–Kier alpha value is -2.44. The molecule has 168 valence electrons. The topological polar surface area (TPSA) is 84.0 Å². The van der Waals surface area contributed by atoms with Crippen LogP contribution in [-0.2, 0) is 11.3 Å². The Kier molecular flexibility index (Phi) is 9.77. The minimum atomic E-state index is -0.150. The molecule has 1 aliphatic rings. The fraction of sp³-hybridized carbons (Fsp3) is 0.652. The van der Waals surface area contributed by atoms with Gasteiger partial charge in [0, 0.05) is 26.2 Å².